The van der Waals surface area contributed by atoms with E-state index in [1.54, 1.807) is 0 Å². The molecule has 3 heteroatoms. The summed E-state index contributed by atoms with van der Waals surface area (Å²) in [6, 6.07) is 91.4. The van der Waals surface area contributed by atoms with Crippen molar-refractivity contribution in [2.45, 2.75) is 0 Å². The second-order valence-corrected chi connectivity index (χ2v) is 17.8. The molecule has 14 rings (SSSR count). The predicted octanol–water partition coefficient (Wildman–Crippen LogP) is 17.1. The maximum Gasteiger partial charge on any atom is 0.0562 e. The lowest BCUT2D eigenvalue weighted by molar-refractivity contribution is 1.17. The lowest BCUT2D eigenvalue weighted by atomic mass is 10.00. The minimum Gasteiger partial charge on any atom is -0.309 e. The molecule has 0 fully saturated rings. The van der Waals surface area contributed by atoms with Crippen LogP contribution in [0.25, 0.3) is 127 Å². The molecule has 3 nitrogen and oxygen atoms in total. The average Bonchev–Trinajstić information content (AvgIpc) is 4.03. The molecule has 0 saturated heterocycles. The smallest absolute Gasteiger partial charge is 0.0562 e. The van der Waals surface area contributed by atoms with Crippen LogP contribution in [0.1, 0.15) is 0 Å². The monoisotopic (exact) mass is 851 g/mol. The molecular formula is C64H41N3. The number of para-hydroxylation sites is 2. The molecule has 3 heterocycles. The second-order valence-electron chi connectivity index (χ2n) is 17.8. The lowest BCUT2D eigenvalue weighted by Crippen LogP contribution is -1.96. The maximum absolute atomic E-state index is 2.48. The van der Waals surface area contributed by atoms with Crippen molar-refractivity contribution in [1.82, 2.24) is 13.7 Å². The van der Waals surface area contributed by atoms with Gasteiger partial charge in [-0.1, -0.05) is 164 Å². The molecule has 67 heavy (non-hydrogen) atoms. The SMILES string of the molecule is c1ccc(-c2cccc(-n3c4ccccc4c4cc(-c5ccc6c(c5)c5cc7c8ccccc8n(-c8ccc9ccccc9c8)c7cc5n6-c5cccc(-c6ccccc6)c5)ccc43)c2)cc1. The number of hydrogen-bond acceptors (Lipinski definition) is 0. The first-order valence-corrected chi connectivity index (χ1v) is 23.1. The third-order valence-electron chi connectivity index (χ3n) is 14.0. The van der Waals surface area contributed by atoms with Crippen LogP contribution in [-0.2, 0) is 0 Å². The quantitative estimate of drug-likeness (QED) is 0.158. The summed E-state index contributed by atoms with van der Waals surface area (Å²) in [6.07, 6.45) is 0. The predicted molar refractivity (Wildman–Crippen MR) is 283 cm³/mol. The van der Waals surface area contributed by atoms with Gasteiger partial charge in [-0.05, 0) is 129 Å². The van der Waals surface area contributed by atoms with E-state index in [0.29, 0.717) is 0 Å². The van der Waals surface area contributed by atoms with E-state index >= 15 is 0 Å². The van der Waals surface area contributed by atoms with Crippen molar-refractivity contribution < 1.29 is 0 Å². The molecule has 0 unspecified atom stereocenters. The first-order valence-electron chi connectivity index (χ1n) is 23.1. The fraction of sp³-hybridized carbons (Fsp3) is 0. The van der Waals surface area contributed by atoms with E-state index in [-0.39, 0.29) is 0 Å². The molecule has 0 saturated carbocycles. The Morgan fingerprint density at radius 3 is 1.16 bits per heavy atom. The Morgan fingerprint density at radius 2 is 0.582 bits per heavy atom. The summed E-state index contributed by atoms with van der Waals surface area (Å²) in [6.45, 7) is 0. The molecule has 3 aromatic heterocycles. The van der Waals surface area contributed by atoms with Crippen LogP contribution >= 0.6 is 0 Å². The molecule has 0 aliphatic rings. The molecule has 11 aromatic carbocycles. The Balaban J connectivity index is 0.997. The zero-order chi connectivity index (χ0) is 44.0. The number of rotatable bonds is 6. The van der Waals surface area contributed by atoms with Crippen molar-refractivity contribution in [2.24, 2.45) is 0 Å². The summed E-state index contributed by atoms with van der Waals surface area (Å²) in [7, 11) is 0. The highest BCUT2D eigenvalue weighted by atomic mass is 15.0. The summed E-state index contributed by atoms with van der Waals surface area (Å²) in [4.78, 5) is 0. The van der Waals surface area contributed by atoms with Crippen LogP contribution in [0.3, 0.4) is 0 Å². The van der Waals surface area contributed by atoms with Gasteiger partial charge in [-0.15, -0.1) is 0 Å². The standard InChI is InChI=1S/C64H41N3/c1-3-15-42(16-4-1)46-21-13-23-50(35-46)65-59-27-11-9-25-53(59)55-38-48(30-33-61(55)65)49-31-34-62-56(39-49)58-40-57-54-26-10-12-28-60(54)67(52-32-29-44-19-7-8-20-45(44)37-52)63(57)41-64(58)66(62)51-24-14-22-47(36-51)43-17-5-2-6-18-43/h1-41H. The Kier molecular flexibility index (Phi) is 8.28. The number of benzene rings is 11. The first kappa shape index (κ1) is 37.5. The van der Waals surface area contributed by atoms with Gasteiger partial charge in [0.2, 0.25) is 0 Å². The number of fused-ring (bicyclic) bond motifs is 10. The Bertz CT molecular complexity index is 4260. The largest absolute Gasteiger partial charge is 0.309 e. The van der Waals surface area contributed by atoms with Crippen LogP contribution in [0.4, 0.5) is 0 Å². The van der Waals surface area contributed by atoms with Crippen LogP contribution in [0.5, 0.6) is 0 Å². The number of aromatic nitrogens is 3. The van der Waals surface area contributed by atoms with Gasteiger partial charge in [-0.25, -0.2) is 0 Å². The molecule has 312 valence electrons. The summed E-state index contributed by atoms with van der Waals surface area (Å²) in [5.74, 6) is 0. The molecule has 14 aromatic rings. The highest BCUT2D eigenvalue weighted by molar-refractivity contribution is 6.20. The van der Waals surface area contributed by atoms with Crippen molar-refractivity contribution in [1.29, 1.82) is 0 Å². The van der Waals surface area contributed by atoms with Gasteiger partial charge in [0.15, 0.2) is 0 Å². The van der Waals surface area contributed by atoms with E-state index in [2.05, 4.69) is 262 Å². The van der Waals surface area contributed by atoms with Crippen LogP contribution < -0.4 is 0 Å². The molecule has 0 radical (unpaired) electrons. The first-order chi connectivity index (χ1) is 33.2. The zero-order valence-electron chi connectivity index (χ0n) is 36.5. The zero-order valence-corrected chi connectivity index (χ0v) is 36.5. The number of hydrogen-bond donors (Lipinski definition) is 0. The Hall–Kier alpha value is -8.92. The summed E-state index contributed by atoms with van der Waals surface area (Å²) in [5, 5.41) is 9.88. The highest BCUT2D eigenvalue weighted by Gasteiger charge is 2.21. The van der Waals surface area contributed by atoms with Gasteiger partial charge >= 0.3 is 0 Å². The lowest BCUT2D eigenvalue weighted by Gasteiger charge is -2.12. The van der Waals surface area contributed by atoms with E-state index in [9.17, 15) is 0 Å². The molecule has 0 spiro atoms. The third-order valence-corrected chi connectivity index (χ3v) is 14.0. The topological polar surface area (TPSA) is 14.8 Å². The molecule has 0 aliphatic carbocycles. The van der Waals surface area contributed by atoms with Crippen molar-refractivity contribution >= 4 is 76.2 Å². The second kappa shape index (κ2) is 14.8. The maximum atomic E-state index is 2.48. The average molecular weight is 852 g/mol. The van der Waals surface area contributed by atoms with Crippen LogP contribution in [0.15, 0.2) is 249 Å². The molecule has 0 N–H and O–H groups in total. The van der Waals surface area contributed by atoms with E-state index in [1.807, 2.05) is 0 Å². The fourth-order valence-electron chi connectivity index (χ4n) is 10.9. The van der Waals surface area contributed by atoms with E-state index < -0.39 is 0 Å². The van der Waals surface area contributed by atoms with Gasteiger partial charge in [0.1, 0.15) is 0 Å². The summed E-state index contributed by atoms with van der Waals surface area (Å²) in [5.41, 5.74) is 17.7. The van der Waals surface area contributed by atoms with Gasteiger partial charge in [0.05, 0.1) is 33.1 Å². The molecular weight excluding hydrogens is 811 g/mol. The van der Waals surface area contributed by atoms with Crippen LogP contribution in [0.2, 0.25) is 0 Å². The van der Waals surface area contributed by atoms with E-state index in [1.165, 1.54) is 110 Å². The van der Waals surface area contributed by atoms with Gasteiger partial charge in [-0.2, -0.15) is 0 Å². The Labute approximate surface area is 387 Å². The normalized spacial score (nSPS) is 11.9. The summed E-state index contributed by atoms with van der Waals surface area (Å²) < 4.78 is 7.35. The minimum atomic E-state index is 1.13. The van der Waals surface area contributed by atoms with E-state index in [4.69, 9.17) is 0 Å². The van der Waals surface area contributed by atoms with Crippen LogP contribution in [0, 0.1) is 0 Å². The van der Waals surface area contributed by atoms with Gasteiger partial charge in [0, 0.05) is 49.4 Å². The number of nitrogens with zero attached hydrogens (tertiary/aromatic N) is 3. The van der Waals surface area contributed by atoms with Crippen molar-refractivity contribution in [3.63, 3.8) is 0 Å². The van der Waals surface area contributed by atoms with Gasteiger partial charge < -0.3 is 13.7 Å². The van der Waals surface area contributed by atoms with Crippen molar-refractivity contribution in [2.75, 3.05) is 0 Å². The van der Waals surface area contributed by atoms with Gasteiger partial charge in [-0.3, -0.25) is 0 Å². The van der Waals surface area contributed by atoms with Gasteiger partial charge in [0.25, 0.3) is 0 Å². The van der Waals surface area contributed by atoms with E-state index in [0.717, 1.165) is 17.1 Å². The van der Waals surface area contributed by atoms with Crippen LogP contribution in [-0.4, -0.2) is 13.7 Å². The molecule has 0 atom stereocenters. The third kappa shape index (κ3) is 5.92. The molecule has 0 amide bonds. The molecule has 0 aliphatic heterocycles. The van der Waals surface area contributed by atoms with Crippen molar-refractivity contribution in [3.05, 3.63) is 249 Å². The van der Waals surface area contributed by atoms with Crippen molar-refractivity contribution in [3.8, 4) is 50.4 Å². The fourth-order valence-corrected chi connectivity index (χ4v) is 10.9. The minimum absolute atomic E-state index is 1.13. The summed E-state index contributed by atoms with van der Waals surface area (Å²) >= 11 is 0. The molecule has 0 bridgehead atoms. The highest BCUT2D eigenvalue weighted by Crippen LogP contribution is 2.43. The Morgan fingerprint density at radius 1 is 0.179 bits per heavy atom.